The molecule has 1 aliphatic heterocycles. The number of hydrogen-bond donors (Lipinski definition) is 2. The van der Waals surface area contributed by atoms with Gasteiger partial charge < -0.3 is 25.0 Å². The van der Waals surface area contributed by atoms with E-state index in [1.807, 2.05) is 44.4 Å². The van der Waals surface area contributed by atoms with Crippen LogP contribution >= 0.6 is 0 Å². The van der Waals surface area contributed by atoms with Gasteiger partial charge in [0.2, 0.25) is 0 Å². The monoisotopic (exact) mass is 369 g/mol. The summed E-state index contributed by atoms with van der Waals surface area (Å²) in [5.41, 5.74) is 3.44. The Kier molecular flexibility index (Phi) is 6.19. The Bertz CT molecular complexity index is 775. The van der Waals surface area contributed by atoms with Crippen molar-refractivity contribution < 1.29 is 14.3 Å². The van der Waals surface area contributed by atoms with Gasteiger partial charge in [-0.3, -0.25) is 0 Å². The molecule has 6 nitrogen and oxygen atoms in total. The van der Waals surface area contributed by atoms with Crippen LogP contribution in [0, 0.1) is 0 Å². The number of likely N-dealkylation sites (N-methyl/N-ethyl adjacent to an activating group) is 1. The van der Waals surface area contributed by atoms with E-state index in [9.17, 15) is 4.79 Å². The lowest BCUT2D eigenvalue weighted by Gasteiger charge is -2.25. The highest BCUT2D eigenvalue weighted by Gasteiger charge is 2.19. The molecule has 3 rings (SSSR count). The molecule has 1 aliphatic rings. The van der Waals surface area contributed by atoms with Gasteiger partial charge in [0.15, 0.2) is 0 Å². The minimum absolute atomic E-state index is 0.0997. The van der Waals surface area contributed by atoms with Crippen molar-refractivity contribution in [1.82, 2.24) is 15.5 Å². The van der Waals surface area contributed by atoms with Crippen molar-refractivity contribution in [2.75, 3.05) is 34.4 Å². The molecule has 0 aromatic heterocycles. The van der Waals surface area contributed by atoms with Crippen LogP contribution in [0.5, 0.6) is 11.5 Å². The summed E-state index contributed by atoms with van der Waals surface area (Å²) in [6.07, 6.45) is 0.944. The lowest BCUT2D eigenvalue weighted by Crippen LogP contribution is -2.40. The van der Waals surface area contributed by atoms with Crippen molar-refractivity contribution in [2.45, 2.75) is 19.0 Å². The Hall–Kier alpha value is -2.73. The lowest BCUT2D eigenvalue weighted by atomic mass is 10.0. The normalized spacial score (nSPS) is 13.6. The van der Waals surface area contributed by atoms with Gasteiger partial charge in [0.1, 0.15) is 11.5 Å². The van der Waals surface area contributed by atoms with Gasteiger partial charge in [-0.1, -0.05) is 24.3 Å². The predicted molar refractivity (Wildman–Crippen MR) is 105 cm³/mol. The van der Waals surface area contributed by atoms with E-state index in [1.165, 1.54) is 11.1 Å². The molecule has 0 fully saturated rings. The minimum atomic E-state index is -0.179. The maximum Gasteiger partial charge on any atom is 0.315 e. The zero-order chi connectivity index (χ0) is 19.2. The Morgan fingerprint density at radius 1 is 1.19 bits per heavy atom. The quantitative estimate of drug-likeness (QED) is 0.788. The highest BCUT2D eigenvalue weighted by molar-refractivity contribution is 5.73. The summed E-state index contributed by atoms with van der Waals surface area (Å²) >= 11 is 0. The van der Waals surface area contributed by atoms with Crippen LogP contribution in [0.15, 0.2) is 42.5 Å². The summed E-state index contributed by atoms with van der Waals surface area (Å²) in [6, 6.07) is 13.9. The topological polar surface area (TPSA) is 62.8 Å². The van der Waals surface area contributed by atoms with Gasteiger partial charge >= 0.3 is 6.03 Å². The number of ether oxygens (including phenoxy) is 2. The fourth-order valence-electron chi connectivity index (χ4n) is 3.19. The van der Waals surface area contributed by atoms with Crippen molar-refractivity contribution >= 4 is 6.03 Å². The number of nitrogens with one attached hydrogen (secondary N) is 2. The summed E-state index contributed by atoms with van der Waals surface area (Å²) in [5, 5.41) is 5.87. The van der Waals surface area contributed by atoms with Crippen LogP contribution in [0.25, 0.3) is 0 Å². The molecule has 0 radical (unpaired) electrons. The van der Waals surface area contributed by atoms with E-state index in [2.05, 4.69) is 27.7 Å². The second-order valence-corrected chi connectivity index (χ2v) is 6.86. The number of urea groups is 1. The van der Waals surface area contributed by atoms with Crippen LogP contribution in [-0.4, -0.2) is 45.3 Å². The number of carbonyl (C=O) groups excluding carboxylic acids is 1. The highest BCUT2D eigenvalue weighted by atomic mass is 16.5. The number of fused-ring (bicyclic) bond motifs is 1. The molecule has 1 heterocycles. The van der Waals surface area contributed by atoms with Gasteiger partial charge in [0, 0.05) is 19.5 Å². The van der Waals surface area contributed by atoms with Crippen LogP contribution in [0.3, 0.4) is 0 Å². The molecule has 0 saturated carbocycles. The molecule has 2 N–H and O–H groups in total. The number of amides is 2. The first-order valence-electron chi connectivity index (χ1n) is 9.13. The fourth-order valence-corrected chi connectivity index (χ4v) is 3.19. The standard InChI is InChI=1S/C21H27N3O3/c1-24(2)19(16-6-9-20-17(12-16)10-11-27-20)14-23-21(25)22-13-15-4-7-18(26-3)8-5-15/h4-9,12,19H,10-11,13-14H2,1-3H3,(H2,22,23,25). The first-order chi connectivity index (χ1) is 13.1. The second-order valence-electron chi connectivity index (χ2n) is 6.86. The molecule has 0 aliphatic carbocycles. The number of methoxy groups -OCH3 is 1. The average molecular weight is 369 g/mol. The van der Waals surface area contributed by atoms with E-state index in [4.69, 9.17) is 9.47 Å². The van der Waals surface area contributed by atoms with Crippen molar-refractivity contribution in [2.24, 2.45) is 0 Å². The molecule has 1 unspecified atom stereocenters. The number of nitrogens with zero attached hydrogens (tertiary/aromatic N) is 1. The number of rotatable bonds is 7. The van der Waals surface area contributed by atoms with Crippen LogP contribution in [0.1, 0.15) is 22.7 Å². The van der Waals surface area contributed by atoms with Gasteiger partial charge in [-0.05, 0) is 49.0 Å². The molecule has 2 aromatic carbocycles. The highest BCUT2D eigenvalue weighted by Crippen LogP contribution is 2.29. The van der Waals surface area contributed by atoms with Gasteiger partial charge in [-0.15, -0.1) is 0 Å². The lowest BCUT2D eigenvalue weighted by molar-refractivity contribution is 0.232. The van der Waals surface area contributed by atoms with Crippen LogP contribution in [-0.2, 0) is 13.0 Å². The van der Waals surface area contributed by atoms with Gasteiger partial charge in [-0.25, -0.2) is 4.79 Å². The van der Waals surface area contributed by atoms with E-state index >= 15 is 0 Å². The third-order valence-electron chi connectivity index (χ3n) is 4.79. The zero-order valence-electron chi connectivity index (χ0n) is 16.1. The minimum Gasteiger partial charge on any atom is -0.497 e. The molecule has 0 spiro atoms. The summed E-state index contributed by atoms with van der Waals surface area (Å²) in [7, 11) is 5.67. The maximum absolute atomic E-state index is 12.2. The Morgan fingerprint density at radius 3 is 2.67 bits per heavy atom. The van der Waals surface area contributed by atoms with E-state index in [-0.39, 0.29) is 12.1 Å². The van der Waals surface area contributed by atoms with Crippen LogP contribution < -0.4 is 20.1 Å². The van der Waals surface area contributed by atoms with E-state index in [0.717, 1.165) is 30.1 Å². The molecule has 6 heteroatoms. The Morgan fingerprint density at radius 2 is 1.96 bits per heavy atom. The van der Waals surface area contributed by atoms with Gasteiger partial charge in [0.25, 0.3) is 0 Å². The SMILES string of the molecule is COc1ccc(CNC(=O)NCC(c2ccc3c(c2)CCO3)N(C)C)cc1. The van der Waals surface area contributed by atoms with E-state index in [1.54, 1.807) is 7.11 Å². The third-order valence-corrected chi connectivity index (χ3v) is 4.79. The molecule has 0 bridgehead atoms. The molecule has 0 saturated heterocycles. The third kappa shape index (κ3) is 4.92. The van der Waals surface area contributed by atoms with Crippen LogP contribution in [0.4, 0.5) is 4.79 Å². The van der Waals surface area contributed by atoms with E-state index in [0.29, 0.717) is 13.1 Å². The molecule has 144 valence electrons. The largest absolute Gasteiger partial charge is 0.497 e. The average Bonchev–Trinajstić information content (AvgIpc) is 3.14. The maximum atomic E-state index is 12.2. The smallest absolute Gasteiger partial charge is 0.315 e. The number of benzene rings is 2. The second kappa shape index (κ2) is 8.77. The van der Waals surface area contributed by atoms with Gasteiger partial charge in [-0.2, -0.15) is 0 Å². The first-order valence-corrected chi connectivity index (χ1v) is 9.13. The van der Waals surface area contributed by atoms with Crippen molar-refractivity contribution in [1.29, 1.82) is 0 Å². The predicted octanol–water partition coefficient (Wildman–Crippen LogP) is 2.73. The summed E-state index contributed by atoms with van der Waals surface area (Å²) in [5.74, 6) is 1.78. The molecule has 2 aromatic rings. The molecular formula is C21H27N3O3. The number of carbonyl (C=O) groups is 1. The molecule has 27 heavy (non-hydrogen) atoms. The summed E-state index contributed by atoms with van der Waals surface area (Å²) < 4.78 is 10.7. The van der Waals surface area contributed by atoms with Crippen molar-refractivity contribution in [3.8, 4) is 11.5 Å². The van der Waals surface area contributed by atoms with Gasteiger partial charge in [0.05, 0.1) is 19.8 Å². The summed E-state index contributed by atoms with van der Waals surface area (Å²) in [4.78, 5) is 14.3. The Labute approximate surface area is 160 Å². The zero-order valence-corrected chi connectivity index (χ0v) is 16.1. The Balaban J connectivity index is 1.53. The fraction of sp³-hybridized carbons (Fsp3) is 0.381. The van der Waals surface area contributed by atoms with Crippen molar-refractivity contribution in [3.05, 3.63) is 59.2 Å². The first kappa shape index (κ1) is 19.0. The molecular weight excluding hydrogens is 342 g/mol. The molecule has 2 amide bonds. The number of hydrogen-bond acceptors (Lipinski definition) is 4. The van der Waals surface area contributed by atoms with Crippen LogP contribution in [0.2, 0.25) is 0 Å². The van der Waals surface area contributed by atoms with E-state index < -0.39 is 0 Å². The van der Waals surface area contributed by atoms with Crippen molar-refractivity contribution in [3.63, 3.8) is 0 Å². The summed E-state index contributed by atoms with van der Waals surface area (Å²) in [6.45, 7) is 1.75. The molecule has 1 atom stereocenters.